The summed E-state index contributed by atoms with van der Waals surface area (Å²) >= 11 is 0.0788. The maximum absolute atomic E-state index is 2.36. The molecule has 0 saturated heterocycles. The molecule has 0 bridgehead atoms. The van der Waals surface area contributed by atoms with Crippen molar-refractivity contribution in [1.29, 1.82) is 0 Å². The Bertz CT molecular complexity index is 781. The quantitative estimate of drug-likeness (QED) is 0.557. The van der Waals surface area contributed by atoms with Gasteiger partial charge in [0.2, 0.25) is 0 Å². The summed E-state index contributed by atoms with van der Waals surface area (Å²) in [6.07, 6.45) is 2.29. The Kier molecular flexibility index (Phi) is 1.74. The third-order valence-corrected chi connectivity index (χ3v) is 5.47. The third kappa shape index (κ3) is 1.07. The van der Waals surface area contributed by atoms with E-state index in [1.54, 1.807) is 3.57 Å². The molecule has 0 radical (unpaired) electrons. The molecule has 0 unspecified atom stereocenters. The molecule has 1 heterocycles. The van der Waals surface area contributed by atoms with Crippen molar-refractivity contribution in [3.05, 3.63) is 51.3 Å². The van der Waals surface area contributed by atoms with Gasteiger partial charge in [-0.1, -0.05) is 57.1 Å². The van der Waals surface area contributed by atoms with Gasteiger partial charge in [-0.15, -0.1) is 0 Å². The van der Waals surface area contributed by atoms with Crippen LogP contribution in [0.25, 0.3) is 27.6 Å². The maximum atomic E-state index is 2.36. The molecule has 16 heavy (non-hydrogen) atoms. The first-order valence-corrected chi connectivity index (χ1v) is 7.67. The number of rotatable bonds is 0. The molecule has 76 valence electrons. The predicted octanol–water partition coefficient (Wildman–Crippen LogP) is 3.45. The summed E-state index contributed by atoms with van der Waals surface area (Å²) in [6, 6.07) is 15.7. The minimum absolute atomic E-state index is 0.0788. The van der Waals surface area contributed by atoms with E-state index < -0.39 is 0 Å². The molecule has 0 fully saturated rings. The molecule has 0 aliphatic carbocycles. The van der Waals surface area contributed by atoms with Crippen LogP contribution < -0.4 is 5.22 Å². The van der Waals surface area contributed by atoms with E-state index in [2.05, 4.69) is 52.6 Å². The average Bonchev–Trinajstić information content (AvgIpc) is 2.36. The molecule has 1 aliphatic rings. The Balaban J connectivity index is 2.47. The minimum atomic E-state index is 0.0788. The molecule has 0 N–H and O–H groups in total. The first-order chi connectivity index (χ1) is 7.93. The summed E-state index contributed by atoms with van der Waals surface area (Å²) in [5.41, 5.74) is 0. The number of hydrogen-bond donors (Lipinski definition) is 0. The summed E-state index contributed by atoms with van der Waals surface area (Å²) in [5.74, 6) is 0. The lowest BCUT2D eigenvalue weighted by atomic mass is 9.99. The molecule has 0 aromatic heterocycles. The predicted molar refractivity (Wildman–Crippen MR) is 79.9 cm³/mol. The normalized spacial score (nSPS) is 13.8. The first-order valence-electron chi connectivity index (χ1n) is 5.34. The zero-order valence-electron chi connectivity index (χ0n) is 8.57. The second-order valence-corrected chi connectivity index (χ2v) is 6.56. The van der Waals surface area contributed by atoms with Crippen molar-refractivity contribution in [3.8, 4) is 0 Å². The van der Waals surface area contributed by atoms with E-state index >= 15 is 0 Å². The smallest absolute Gasteiger partial charge is 0.0162 e. The van der Waals surface area contributed by atoms with E-state index in [1.807, 2.05) is 0 Å². The Morgan fingerprint density at radius 2 is 1.56 bits per heavy atom. The monoisotopic (exact) mass is 316 g/mol. The van der Waals surface area contributed by atoms with Gasteiger partial charge in [0.1, 0.15) is 0 Å². The van der Waals surface area contributed by atoms with Crippen molar-refractivity contribution in [2.24, 2.45) is 0 Å². The highest BCUT2D eigenvalue weighted by atomic mass is 127. The molecule has 0 atom stereocenters. The van der Waals surface area contributed by atoms with Crippen molar-refractivity contribution >= 4 is 52.4 Å². The summed E-state index contributed by atoms with van der Waals surface area (Å²) in [5, 5.41) is 7.10. The van der Waals surface area contributed by atoms with Crippen molar-refractivity contribution in [2.45, 2.75) is 0 Å². The fourth-order valence-corrected chi connectivity index (χ4v) is 4.70. The lowest BCUT2D eigenvalue weighted by Crippen LogP contribution is -2.06. The fraction of sp³-hybridized carbons (Fsp3) is 0. The zero-order chi connectivity index (χ0) is 10.5. The maximum Gasteiger partial charge on any atom is 0.0162 e. The van der Waals surface area contributed by atoms with Gasteiger partial charge in [-0.3, -0.25) is 0 Å². The van der Waals surface area contributed by atoms with Crippen molar-refractivity contribution < 1.29 is 0 Å². The van der Waals surface area contributed by atoms with Crippen LogP contribution in [0.3, 0.4) is 0 Å². The minimum Gasteiger partial charge on any atom is -0.0849 e. The topological polar surface area (TPSA) is 0 Å². The standard InChI is InChI=1S/C15H9I/c1-2-10-4-5-12-8-9-16-13-7-6-11(3-1)14(10)15(12)13/h1-9H. The van der Waals surface area contributed by atoms with Crippen LogP contribution in [0, 0.1) is 3.57 Å². The van der Waals surface area contributed by atoms with Crippen LogP contribution in [0.2, 0.25) is 0 Å². The van der Waals surface area contributed by atoms with Crippen LogP contribution in [0.4, 0.5) is 0 Å². The van der Waals surface area contributed by atoms with Crippen LogP contribution in [-0.4, -0.2) is 4.01 Å². The molecule has 0 spiro atoms. The van der Waals surface area contributed by atoms with Gasteiger partial charge >= 0.3 is 0 Å². The second kappa shape index (κ2) is 3.14. The number of halogens is 1. The lowest BCUT2D eigenvalue weighted by molar-refractivity contribution is 1.68. The fourth-order valence-electron chi connectivity index (χ4n) is 2.46. The van der Waals surface area contributed by atoms with Crippen molar-refractivity contribution in [2.75, 3.05) is 0 Å². The molecule has 3 aromatic rings. The largest absolute Gasteiger partial charge is 0.0849 e. The molecule has 0 amide bonds. The van der Waals surface area contributed by atoms with E-state index in [-0.39, 0.29) is 20.7 Å². The van der Waals surface area contributed by atoms with Crippen LogP contribution in [0.15, 0.2) is 42.5 Å². The van der Waals surface area contributed by atoms with E-state index in [0.717, 1.165) is 0 Å². The van der Waals surface area contributed by atoms with Gasteiger partial charge in [-0.2, -0.15) is 0 Å². The van der Waals surface area contributed by atoms with E-state index in [9.17, 15) is 0 Å². The molecule has 0 saturated carbocycles. The van der Waals surface area contributed by atoms with Crippen LogP contribution >= 0.6 is 20.7 Å². The highest BCUT2D eigenvalue weighted by Gasteiger charge is 2.07. The summed E-state index contributed by atoms with van der Waals surface area (Å²) in [6.45, 7) is 0. The van der Waals surface area contributed by atoms with E-state index in [4.69, 9.17) is 0 Å². The van der Waals surface area contributed by atoms with Gasteiger partial charge in [-0.25, -0.2) is 0 Å². The van der Waals surface area contributed by atoms with Crippen LogP contribution in [-0.2, 0) is 0 Å². The van der Waals surface area contributed by atoms with Crippen LogP contribution in [0.5, 0.6) is 0 Å². The number of hydrogen-bond acceptors (Lipinski definition) is 0. The highest BCUT2D eigenvalue weighted by molar-refractivity contribution is 14.2. The molecule has 1 aliphatic heterocycles. The molecule has 1 heteroatoms. The summed E-state index contributed by atoms with van der Waals surface area (Å²) in [4.78, 5) is 0. The van der Waals surface area contributed by atoms with Gasteiger partial charge in [0.25, 0.3) is 0 Å². The van der Waals surface area contributed by atoms with Gasteiger partial charge in [0.05, 0.1) is 0 Å². The Labute approximate surface area is 103 Å². The Hall–Kier alpha value is -1.22. The first kappa shape index (κ1) is 8.88. The van der Waals surface area contributed by atoms with Crippen molar-refractivity contribution in [1.82, 2.24) is 0 Å². The summed E-state index contributed by atoms with van der Waals surface area (Å²) < 4.78 is 3.93. The Morgan fingerprint density at radius 3 is 2.44 bits per heavy atom. The molecule has 4 rings (SSSR count). The average molecular weight is 316 g/mol. The summed E-state index contributed by atoms with van der Waals surface area (Å²) in [7, 11) is 0. The van der Waals surface area contributed by atoms with Gasteiger partial charge in [0, 0.05) is 8.96 Å². The third-order valence-electron chi connectivity index (χ3n) is 3.18. The molecular formula is C15H9I. The van der Waals surface area contributed by atoms with Crippen LogP contribution in [0.1, 0.15) is 0 Å². The highest BCUT2D eigenvalue weighted by Crippen LogP contribution is 2.30. The number of benzene rings is 3. The Morgan fingerprint density at radius 1 is 0.750 bits per heavy atom. The molecular weight excluding hydrogens is 307 g/mol. The van der Waals surface area contributed by atoms with Gasteiger partial charge in [-0.05, 0) is 37.5 Å². The zero-order valence-corrected chi connectivity index (χ0v) is 10.7. The lowest BCUT2D eigenvalue weighted by Gasteiger charge is -2.10. The van der Waals surface area contributed by atoms with E-state index in [1.165, 1.54) is 26.8 Å². The van der Waals surface area contributed by atoms with Gasteiger partial charge in [0.15, 0.2) is 0 Å². The SMILES string of the molecule is C1=Ic2ccc3cccc4ccc(c2c34)=C1. The van der Waals surface area contributed by atoms with Gasteiger partial charge < -0.3 is 0 Å². The second-order valence-electron chi connectivity index (χ2n) is 4.06. The molecule has 3 aromatic carbocycles. The van der Waals surface area contributed by atoms with Crippen molar-refractivity contribution in [3.63, 3.8) is 0 Å². The van der Waals surface area contributed by atoms with E-state index in [0.29, 0.717) is 0 Å². The molecule has 0 nitrogen and oxygen atoms in total.